The van der Waals surface area contributed by atoms with Crippen LogP contribution in [0, 0.1) is 0 Å². The molecule has 0 radical (unpaired) electrons. The highest BCUT2D eigenvalue weighted by Crippen LogP contribution is 2.21. The molecule has 1 fully saturated rings. The monoisotopic (exact) mass is 227 g/mol. The third-order valence-corrected chi connectivity index (χ3v) is 2.54. The average molecular weight is 227 g/mol. The zero-order valence-corrected chi connectivity index (χ0v) is 8.44. The Bertz CT molecular complexity index is 403. The van der Waals surface area contributed by atoms with Gasteiger partial charge in [0.15, 0.2) is 0 Å². The first-order valence-corrected chi connectivity index (χ1v) is 4.93. The first-order chi connectivity index (χ1) is 7.58. The molecule has 1 aliphatic heterocycles. The summed E-state index contributed by atoms with van der Waals surface area (Å²) < 4.78 is 24.8. The maximum atomic E-state index is 12.4. The number of aliphatic hydroxyl groups is 1. The van der Waals surface area contributed by atoms with E-state index in [1.807, 2.05) is 0 Å². The number of likely N-dealkylation sites (tertiary alicyclic amines) is 1. The molecule has 1 amide bonds. The molecule has 1 N–H and O–H groups in total. The molecule has 86 valence electrons. The van der Waals surface area contributed by atoms with Crippen molar-refractivity contribution >= 4 is 5.91 Å². The molecule has 1 heterocycles. The predicted octanol–water partition coefficient (Wildman–Crippen LogP) is 1.44. The van der Waals surface area contributed by atoms with Gasteiger partial charge in [-0.1, -0.05) is 12.1 Å². The Morgan fingerprint density at radius 2 is 2.12 bits per heavy atom. The van der Waals surface area contributed by atoms with E-state index in [0.717, 1.165) is 0 Å². The summed E-state index contributed by atoms with van der Waals surface area (Å²) >= 11 is 0. The number of benzene rings is 1. The number of carbonyl (C=O) groups is 1. The van der Waals surface area contributed by atoms with Crippen molar-refractivity contribution in [2.24, 2.45) is 0 Å². The van der Waals surface area contributed by atoms with E-state index >= 15 is 0 Å². The lowest BCUT2D eigenvalue weighted by molar-refractivity contribution is 0.00587. The number of β-amino-alcohol motifs (C(OH)–C–C–N with tert-alkyl or cyclic N) is 1. The largest absolute Gasteiger partial charge is 0.389 e. The third-order valence-electron chi connectivity index (χ3n) is 2.54. The molecule has 0 atom stereocenters. The number of carbonyl (C=O) groups excluding carboxylic acids is 1. The lowest BCUT2D eigenvalue weighted by Crippen LogP contribution is -2.53. The zero-order chi connectivity index (χ0) is 11.7. The summed E-state index contributed by atoms with van der Waals surface area (Å²) in [6.07, 6.45) is -3.06. The molecule has 0 aliphatic carbocycles. The van der Waals surface area contributed by atoms with Crippen LogP contribution in [0.4, 0.5) is 8.78 Å². The number of amides is 1. The van der Waals surface area contributed by atoms with Crippen LogP contribution in [-0.2, 0) is 0 Å². The Hall–Kier alpha value is -1.49. The van der Waals surface area contributed by atoms with Gasteiger partial charge < -0.3 is 10.0 Å². The number of rotatable bonds is 2. The Balaban J connectivity index is 2.14. The standard InChI is InChI=1S/C11H11F2NO2/c12-10(13)7-2-1-3-8(4-7)11(16)14-5-9(15)6-14/h1-4,9-10,15H,5-6H2. The lowest BCUT2D eigenvalue weighted by Gasteiger charge is -2.35. The van der Waals surface area contributed by atoms with E-state index in [1.165, 1.54) is 29.2 Å². The molecule has 16 heavy (non-hydrogen) atoms. The number of hydrogen-bond donors (Lipinski definition) is 1. The Morgan fingerprint density at radius 1 is 1.44 bits per heavy atom. The van der Waals surface area contributed by atoms with Crippen molar-refractivity contribution in [3.63, 3.8) is 0 Å². The lowest BCUT2D eigenvalue weighted by atomic mass is 10.1. The smallest absolute Gasteiger partial charge is 0.263 e. The van der Waals surface area contributed by atoms with Crippen molar-refractivity contribution in [2.45, 2.75) is 12.5 Å². The maximum absolute atomic E-state index is 12.4. The quantitative estimate of drug-likeness (QED) is 0.830. The first-order valence-electron chi connectivity index (χ1n) is 4.93. The van der Waals surface area contributed by atoms with Crippen LogP contribution < -0.4 is 0 Å². The molecule has 1 saturated heterocycles. The fraction of sp³-hybridized carbons (Fsp3) is 0.364. The minimum atomic E-state index is -2.57. The molecule has 1 aliphatic rings. The molecule has 3 nitrogen and oxygen atoms in total. The molecular weight excluding hydrogens is 216 g/mol. The normalized spacial score (nSPS) is 16.4. The molecule has 0 aromatic heterocycles. The summed E-state index contributed by atoms with van der Waals surface area (Å²) in [5.41, 5.74) is 0.0802. The number of aliphatic hydroxyl groups excluding tert-OH is 1. The molecule has 0 bridgehead atoms. The summed E-state index contributed by atoms with van der Waals surface area (Å²) in [4.78, 5) is 13.1. The number of hydrogen-bond acceptors (Lipinski definition) is 2. The van der Waals surface area contributed by atoms with Crippen LogP contribution in [0.5, 0.6) is 0 Å². The number of nitrogens with zero attached hydrogens (tertiary/aromatic N) is 1. The predicted molar refractivity (Wildman–Crippen MR) is 53.3 cm³/mol. The van der Waals surface area contributed by atoms with Gasteiger partial charge in [0.25, 0.3) is 12.3 Å². The van der Waals surface area contributed by atoms with Gasteiger partial charge in [-0.05, 0) is 12.1 Å². The van der Waals surface area contributed by atoms with Crippen LogP contribution in [0.25, 0.3) is 0 Å². The van der Waals surface area contributed by atoms with Gasteiger partial charge in [0.2, 0.25) is 0 Å². The van der Waals surface area contributed by atoms with Gasteiger partial charge in [0, 0.05) is 24.2 Å². The van der Waals surface area contributed by atoms with Crippen molar-refractivity contribution in [3.8, 4) is 0 Å². The molecule has 0 spiro atoms. The van der Waals surface area contributed by atoms with Gasteiger partial charge >= 0.3 is 0 Å². The summed E-state index contributed by atoms with van der Waals surface area (Å²) in [6.45, 7) is 0.551. The van der Waals surface area contributed by atoms with Crippen LogP contribution in [0.3, 0.4) is 0 Å². The van der Waals surface area contributed by atoms with Crippen LogP contribution in [0.2, 0.25) is 0 Å². The fourth-order valence-electron chi connectivity index (χ4n) is 1.61. The van der Waals surface area contributed by atoms with Crippen LogP contribution in [0.1, 0.15) is 22.3 Å². The Kier molecular flexibility index (Phi) is 2.87. The van der Waals surface area contributed by atoms with Crippen molar-refractivity contribution in [3.05, 3.63) is 35.4 Å². The van der Waals surface area contributed by atoms with Gasteiger partial charge in [-0.2, -0.15) is 0 Å². The van der Waals surface area contributed by atoms with E-state index in [1.54, 1.807) is 0 Å². The van der Waals surface area contributed by atoms with E-state index in [4.69, 9.17) is 5.11 Å². The summed E-state index contributed by atoms with van der Waals surface area (Å²) in [5, 5.41) is 9.04. The van der Waals surface area contributed by atoms with E-state index in [2.05, 4.69) is 0 Å². The highest BCUT2D eigenvalue weighted by atomic mass is 19.3. The summed E-state index contributed by atoms with van der Waals surface area (Å²) in [5.74, 6) is -0.312. The Labute approximate surface area is 91.3 Å². The van der Waals surface area contributed by atoms with E-state index < -0.39 is 12.5 Å². The minimum Gasteiger partial charge on any atom is -0.389 e. The van der Waals surface area contributed by atoms with Crippen LogP contribution in [-0.4, -0.2) is 35.1 Å². The fourth-order valence-corrected chi connectivity index (χ4v) is 1.61. The van der Waals surface area contributed by atoms with Gasteiger partial charge in [0.1, 0.15) is 0 Å². The molecule has 0 unspecified atom stereocenters. The second-order valence-corrected chi connectivity index (χ2v) is 3.79. The molecule has 2 rings (SSSR count). The van der Waals surface area contributed by atoms with E-state index in [0.29, 0.717) is 0 Å². The molecule has 1 aromatic carbocycles. The van der Waals surface area contributed by atoms with Gasteiger partial charge in [-0.25, -0.2) is 8.78 Å². The molecule has 1 aromatic rings. The topological polar surface area (TPSA) is 40.5 Å². The SMILES string of the molecule is O=C(c1cccc(C(F)F)c1)N1CC(O)C1. The van der Waals surface area contributed by atoms with Crippen LogP contribution in [0.15, 0.2) is 24.3 Å². The van der Waals surface area contributed by atoms with Crippen molar-refractivity contribution in [1.82, 2.24) is 4.90 Å². The van der Waals surface area contributed by atoms with E-state index in [-0.39, 0.29) is 30.1 Å². The maximum Gasteiger partial charge on any atom is 0.263 e. The highest BCUT2D eigenvalue weighted by molar-refractivity contribution is 5.95. The third kappa shape index (κ3) is 2.04. The highest BCUT2D eigenvalue weighted by Gasteiger charge is 2.29. The van der Waals surface area contributed by atoms with E-state index in [9.17, 15) is 13.6 Å². The second-order valence-electron chi connectivity index (χ2n) is 3.79. The van der Waals surface area contributed by atoms with Gasteiger partial charge in [-0.15, -0.1) is 0 Å². The average Bonchev–Trinajstić information content (AvgIpc) is 2.24. The summed E-state index contributed by atoms with van der Waals surface area (Å²) in [6, 6.07) is 5.41. The second kappa shape index (κ2) is 4.17. The minimum absolute atomic E-state index is 0.160. The van der Waals surface area contributed by atoms with Crippen molar-refractivity contribution in [2.75, 3.05) is 13.1 Å². The van der Waals surface area contributed by atoms with Crippen LogP contribution >= 0.6 is 0 Å². The van der Waals surface area contributed by atoms with Crippen molar-refractivity contribution in [1.29, 1.82) is 0 Å². The Morgan fingerprint density at radius 3 is 2.69 bits per heavy atom. The first kappa shape index (κ1) is 11.0. The summed E-state index contributed by atoms with van der Waals surface area (Å²) in [7, 11) is 0. The zero-order valence-electron chi connectivity index (χ0n) is 8.44. The molecule has 0 saturated carbocycles. The molecule has 5 heteroatoms. The number of alkyl halides is 2. The molecular formula is C11H11F2NO2. The number of halogens is 2. The van der Waals surface area contributed by atoms with Crippen molar-refractivity contribution < 1.29 is 18.7 Å². The van der Waals surface area contributed by atoms with Gasteiger partial charge in [0.05, 0.1) is 6.10 Å². The van der Waals surface area contributed by atoms with Gasteiger partial charge in [-0.3, -0.25) is 4.79 Å².